The van der Waals surface area contributed by atoms with Crippen LogP contribution in [0.2, 0.25) is 0 Å². The SMILES string of the molecule is Cn1c(=C(C#N)C#N)nc2c3c(ccc4c3cc(-c3ccc(C(F)(F)F)cc3C(F)(F)F)c3nc(=C(C#N)C#N)n(C)c34)c(-c3ccc(C(F)(F)F)cc3C(F)(F)F)cc21. The van der Waals surface area contributed by atoms with E-state index in [2.05, 4.69) is 9.97 Å². The number of nitrogens with zero attached hydrogens (tertiary/aromatic N) is 8. The predicted molar refractivity (Wildman–Crippen MR) is 189 cm³/mol. The number of imidazole rings is 2. The second kappa shape index (κ2) is 13.5. The van der Waals surface area contributed by atoms with Gasteiger partial charge in [-0.3, -0.25) is 0 Å². The zero-order valence-corrected chi connectivity index (χ0v) is 29.9. The molecule has 7 aromatic rings. The molecule has 0 radical (unpaired) electrons. The van der Waals surface area contributed by atoms with Gasteiger partial charge in [0.05, 0.1) is 44.3 Å². The molecule has 300 valence electrons. The molecule has 60 heavy (non-hydrogen) atoms. The van der Waals surface area contributed by atoms with E-state index in [1.807, 2.05) is 0 Å². The van der Waals surface area contributed by atoms with Crippen LogP contribution in [0.4, 0.5) is 52.7 Å². The fraction of sp³-hybridized carbons (Fsp3) is 0.150. The molecule has 7 rings (SSSR count). The minimum Gasteiger partial charge on any atom is -0.326 e. The summed E-state index contributed by atoms with van der Waals surface area (Å²) >= 11 is 0. The summed E-state index contributed by atoms with van der Waals surface area (Å²) < 4.78 is 173. The lowest BCUT2D eigenvalue weighted by atomic mass is 9.88. The third kappa shape index (κ3) is 6.34. The van der Waals surface area contributed by atoms with E-state index >= 15 is 0 Å². The Morgan fingerprint density at radius 1 is 0.483 bits per heavy atom. The number of nitriles is 4. The van der Waals surface area contributed by atoms with Crippen molar-refractivity contribution in [2.24, 2.45) is 14.1 Å². The van der Waals surface area contributed by atoms with Crippen LogP contribution in [0, 0.1) is 45.3 Å². The van der Waals surface area contributed by atoms with Gasteiger partial charge in [0, 0.05) is 30.4 Å². The minimum absolute atomic E-state index is 0.0390. The van der Waals surface area contributed by atoms with Crippen molar-refractivity contribution in [1.29, 1.82) is 21.0 Å². The van der Waals surface area contributed by atoms with Gasteiger partial charge in [0.25, 0.3) is 0 Å². The number of rotatable bonds is 2. The van der Waals surface area contributed by atoms with Crippen molar-refractivity contribution in [3.63, 3.8) is 0 Å². The fourth-order valence-corrected chi connectivity index (χ4v) is 7.24. The molecule has 0 amide bonds. The Hall–Kier alpha value is -7.58. The van der Waals surface area contributed by atoms with E-state index in [9.17, 15) is 73.7 Å². The predicted octanol–water partition coefficient (Wildman–Crippen LogP) is 9.57. The molecule has 0 spiro atoms. The highest BCUT2D eigenvalue weighted by molar-refractivity contribution is 6.27. The third-order valence-corrected chi connectivity index (χ3v) is 9.87. The number of hydrogen-bond acceptors (Lipinski definition) is 6. The Morgan fingerprint density at radius 2 is 0.933 bits per heavy atom. The number of fused-ring (bicyclic) bond motifs is 7. The Labute approximate surface area is 326 Å². The fourth-order valence-electron chi connectivity index (χ4n) is 7.24. The average molecular weight is 837 g/mol. The highest BCUT2D eigenvalue weighted by Crippen LogP contribution is 2.48. The Balaban J connectivity index is 1.81. The second-order valence-corrected chi connectivity index (χ2v) is 13.2. The smallest absolute Gasteiger partial charge is 0.326 e. The molecular weight excluding hydrogens is 820 g/mol. The molecule has 8 nitrogen and oxygen atoms in total. The van der Waals surface area contributed by atoms with Gasteiger partial charge in [0.15, 0.2) is 22.1 Å². The molecule has 0 bridgehead atoms. The lowest BCUT2D eigenvalue weighted by Gasteiger charge is -2.19. The molecule has 5 aromatic carbocycles. The van der Waals surface area contributed by atoms with Crippen molar-refractivity contribution < 1.29 is 52.7 Å². The highest BCUT2D eigenvalue weighted by Gasteiger charge is 2.41. The topological polar surface area (TPSA) is 131 Å². The molecule has 0 fully saturated rings. The standard InChI is InChI=1S/C40H16F12N8/c1-59-30-12-25(21-5-3-19(37(41,42)43)9-28(21)39(47,48)49)23-7-8-24-26(31(23)33(30)58-35(59)17(13-53)14-54)11-27(32-34(24)60(2)36(57-32)18(15-55)16-56)22-6-4-20(38(44,45)46)10-29(22)40(50,51)52/h3-12H,1-2H3. The van der Waals surface area contributed by atoms with Gasteiger partial charge in [-0.05, 0) is 63.9 Å². The molecular formula is C40H16F12N8. The first-order valence-electron chi connectivity index (χ1n) is 16.6. The largest absolute Gasteiger partial charge is 0.417 e. The summed E-state index contributed by atoms with van der Waals surface area (Å²) in [5.74, 6) is 0. The van der Waals surface area contributed by atoms with E-state index in [-0.39, 0.29) is 72.3 Å². The molecule has 2 heterocycles. The average Bonchev–Trinajstić information content (AvgIpc) is 3.69. The number of benzene rings is 5. The van der Waals surface area contributed by atoms with Crippen molar-refractivity contribution in [2.45, 2.75) is 24.7 Å². The van der Waals surface area contributed by atoms with E-state index < -0.39 is 74.8 Å². The van der Waals surface area contributed by atoms with Gasteiger partial charge in [-0.15, -0.1) is 0 Å². The summed E-state index contributed by atoms with van der Waals surface area (Å²) in [6.45, 7) is 0. The first-order chi connectivity index (χ1) is 28.0. The lowest BCUT2D eigenvalue weighted by Crippen LogP contribution is -2.17. The van der Waals surface area contributed by atoms with Crippen molar-refractivity contribution in [1.82, 2.24) is 19.1 Å². The molecule has 20 heteroatoms. The van der Waals surface area contributed by atoms with Crippen LogP contribution in [0.15, 0.2) is 60.7 Å². The van der Waals surface area contributed by atoms with Gasteiger partial charge in [-0.2, -0.15) is 73.7 Å². The summed E-state index contributed by atoms with van der Waals surface area (Å²) in [4.78, 5) is 8.73. The minimum atomic E-state index is -5.45. The molecule has 2 aromatic heterocycles. The number of hydrogen-bond donors (Lipinski definition) is 0. The van der Waals surface area contributed by atoms with Crippen LogP contribution in [0.3, 0.4) is 0 Å². The Morgan fingerprint density at radius 3 is 1.40 bits per heavy atom. The van der Waals surface area contributed by atoms with E-state index in [1.165, 1.54) is 26.2 Å². The van der Waals surface area contributed by atoms with Crippen LogP contribution >= 0.6 is 0 Å². The Bertz CT molecular complexity index is 3300. The number of alkyl halides is 12. The number of aromatic nitrogens is 4. The molecule has 0 N–H and O–H groups in total. The normalized spacial score (nSPS) is 12.4. The van der Waals surface area contributed by atoms with Gasteiger partial charge in [-0.25, -0.2) is 9.97 Å². The molecule has 0 aliphatic heterocycles. The third-order valence-electron chi connectivity index (χ3n) is 9.87. The maximum Gasteiger partial charge on any atom is 0.417 e. The second-order valence-electron chi connectivity index (χ2n) is 13.2. The van der Waals surface area contributed by atoms with Gasteiger partial charge in [0.1, 0.15) is 24.3 Å². The maximum atomic E-state index is 14.8. The Kier molecular flexibility index (Phi) is 9.13. The molecule has 0 unspecified atom stereocenters. The summed E-state index contributed by atoms with van der Waals surface area (Å²) in [5, 5.41) is 38.4. The summed E-state index contributed by atoms with van der Waals surface area (Å²) in [6, 6.07) is 12.8. The zero-order chi connectivity index (χ0) is 44.0. The molecule has 0 aliphatic carbocycles. The van der Waals surface area contributed by atoms with Crippen LogP contribution in [-0.4, -0.2) is 19.1 Å². The zero-order valence-electron chi connectivity index (χ0n) is 29.9. The lowest BCUT2D eigenvalue weighted by molar-refractivity contribution is -0.144. The van der Waals surface area contributed by atoms with Crippen molar-refractivity contribution in [2.75, 3.05) is 0 Å². The van der Waals surface area contributed by atoms with Gasteiger partial charge in [0.2, 0.25) is 0 Å². The molecule has 0 atom stereocenters. The monoisotopic (exact) mass is 836 g/mol. The van der Waals surface area contributed by atoms with Gasteiger partial charge in [-0.1, -0.05) is 24.3 Å². The first kappa shape index (κ1) is 40.6. The van der Waals surface area contributed by atoms with Crippen LogP contribution in [-0.2, 0) is 38.8 Å². The van der Waals surface area contributed by atoms with Gasteiger partial charge < -0.3 is 9.13 Å². The van der Waals surface area contributed by atoms with Crippen molar-refractivity contribution >= 4 is 54.8 Å². The van der Waals surface area contributed by atoms with Crippen LogP contribution in [0.1, 0.15) is 22.3 Å². The van der Waals surface area contributed by atoms with Crippen LogP contribution in [0.5, 0.6) is 0 Å². The summed E-state index contributed by atoms with van der Waals surface area (Å²) in [5.41, 5.74) is -12.1. The summed E-state index contributed by atoms with van der Waals surface area (Å²) in [7, 11) is 2.54. The quantitative estimate of drug-likeness (QED) is 0.126. The van der Waals surface area contributed by atoms with Crippen LogP contribution < -0.4 is 11.0 Å². The van der Waals surface area contributed by atoms with Gasteiger partial charge >= 0.3 is 24.7 Å². The highest BCUT2D eigenvalue weighted by atomic mass is 19.4. The van der Waals surface area contributed by atoms with Crippen molar-refractivity contribution in [3.05, 3.63) is 93.9 Å². The maximum absolute atomic E-state index is 14.8. The molecule has 0 aliphatic rings. The van der Waals surface area contributed by atoms with Crippen LogP contribution in [0.25, 0.3) is 77.0 Å². The summed E-state index contributed by atoms with van der Waals surface area (Å²) in [6.07, 6.45) is -21.3. The first-order valence-corrected chi connectivity index (χ1v) is 16.6. The van der Waals surface area contributed by atoms with E-state index in [0.717, 1.165) is 21.3 Å². The molecule has 0 saturated heterocycles. The molecule has 0 saturated carbocycles. The van der Waals surface area contributed by atoms with E-state index in [1.54, 1.807) is 24.3 Å². The number of aryl methyl sites for hydroxylation is 2. The van der Waals surface area contributed by atoms with E-state index in [0.29, 0.717) is 24.3 Å². The van der Waals surface area contributed by atoms with Crippen molar-refractivity contribution in [3.8, 4) is 46.5 Å². The van der Waals surface area contributed by atoms with E-state index in [4.69, 9.17) is 0 Å². The number of halogens is 12.